The number of fused-ring (bicyclic) bond motifs is 10. The molecule has 0 radical (unpaired) electrons. The molecule has 10 heteroatoms. The fourth-order valence-corrected chi connectivity index (χ4v) is 8.12. The molecule has 0 fully saturated rings. The Balaban J connectivity index is 1.14. The van der Waals surface area contributed by atoms with Crippen LogP contribution in [-0.2, 0) is 13.1 Å². The number of nitrogens with one attached hydrogen (secondary N) is 4. The molecule has 1 unspecified atom stereocenters. The number of pyridine rings is 2. The maximum absolute atomic E-state index is 13.7. The van der Waals surface area contributed by atoms with Crippen molar-refractivity contribution in [3.05, 3.63) is 177 Å². The van der Waals surface area contributed by atoms with Gasteiger partial charge in [-0.3, -0.25) is 19.2 Å². The second kappa shape index (κ2) is 14.6. The van der Waals surface area contributed by atoms with Crippen LogP contribution in [0.25, 0.3) is 32.7 Å². The molecule has 4 aromatic carbocycles. The zero-order valence-electron chi connectivity index (χ0n) is 30.3. The summed E-state index contributed by atoms with van der Waals surface area (Å²) < 4.78 is 0. The molecule has 274 valence electrons. The molecule has 2 aliphatic carbocycles. The molecule has 56 heavy (non-hydrogen) atoms. The molecule has 8 bridgehead atoms. The molecule has 9 rings (SSSR count). The minimum atomic E-state index is -0.409. The first kappa shape index (κ1) is 34.6. The second-order valence-electron chi connectivity index (χ2n) is 13.9. The third-order valence-electron chi connectivity index (χ3n) is 10.8. The van der Waals surface area contributed by atoms with E-state index < -0.39 is 23.6 Å². The van der Waals surface area contributed by atoms with Crippen LogP contribution in [0.2, 0.25) is 0 Å². The Labute approximate surface area is 321 Å². The average molecular weight is 737 g/mol. The Morgan fingerprint density at radius 1 is 0.464 bits per heavy atom. The van der Waals surface area contributed by atoms with E-state index in [4.69, 9.17) is 0 Å². The Morgan fingerprint density at radius 2 is 0.893 bits per heavy atom. The summed E-state index contributed by atoms with van der Waals surface area (Å²) in [6.07, 6.45) is 7.13. The first-order valence-electron chi connectivity index (χ1n) is 18.6. The monoisotopic (exact) mass is 736 g/mol. The molecule has 3 aliphatic rings. The van der Waals surface area contributed by atoms with E-state index in [1.54, 1.807) is 36.4 Å². The lowest BCUT2D eigenvalue weighted by atomic mass is 9.77. The second-order valence-corrected chi connectivity index (χ2v) is 13.9. The smallest absolute Gasteiger partial charge is 0.270 e. The van der Waals surface area contributed by atoms with Gasteiger partial charge in [0.1, 0.15) is 22.8 Å². The quantitative estimate of drug-likeness (QED) is 0.132. The molecule has 3 heterocycles. The molecule has 1 atom stereocenters. The first-order chi connectivity index (χ1) is 27.4. The molecule has 4 N–H and O–H groups in total. The first-order valence-corrected chi connectivity index (χ1v) is 18.6. The number of hydrogen-bond donors (Lipinski definition) is 4. The highest BCUT2D eigenvalue weighted by Gasteiger charge is 2.28. The van der Waals surface area contributed by atoms with E-state index in [-0.39, 0.29) is 54.9 Å². The van der Waals surface area contributed by atoms with Crippen molar-refractivity contribution >= 4 is 56.3 Å². The van der Waals surface area contributed by atoms with Crippen LogP contribution < -0.4 is 31.7 Å². The number of carbonyl (C=O) groups is 4. The number of nitrogens with zero attached hydrogens (tertiary/aromatic N) is 2. The Bertz CT molecular complexity index is 2780. The summed E-state index contributed by atoms with van der Waals surface area (Å²) >= 11 is 0. The summed E-state index contributed by atoms with van der Waals surface area (Å²) in [6.45, 7) is 0.878. The minimum absolute atomic E-state index is 0.124. The van der Waals surface area contributed by atoms with Crippen LogP contribution in [0.4, 0.5) is 0 Å². The van der Waals surface area contributed by atoms with E-state index >= 15 is 0 Å². The molecule has 0 saturated carbocycles. The molecule has 10 nitrogen and oxygen atoms in total. The summed E-state index contributed by atoms with van der Waals surface area (Å²) in [7, 11) is 0. The van der Waals surface area contributed by atoms with Gasteiger partial charge in [0.2, 0.25) is 0 Å². The number of rotatable bonds is 0. The lowest BCUT2D eigenvalue weighted by Crippen LogP contribution is -2.43. The van der Waals surface area contributed by atoms with Crippen LogP contribution in [-0.4, -0.2) is 46.7 Å². The normalized spacial score (nSPS) is 17.4. The topological polar surface area (TPSA) is 142 Å². The van der Waals surface area contributed by atoms with Gasteiger partial charge in [-0.05, 0) is 90.5 Å². The van der Waals surface area contributed by atoms with Crippen molar-refractivity contribution < 1.29 is 19.2 Å². The molecule has 1 aliphatic heterocycles. The van der Waals surface area contributed by atoms with E-state index in [0.29, 0.717) is 0 Å². The van der Waals surface area contributed by atoms with Crippen molar-refractivity contribution in [2.24, 2.45) is 5.92 Å². The largest absolute Gasteiger partial charge is 0.347 e. The number of amides is 4. The molecule has 0 saturated heterocycles. The minimum Gasteiger partial charge on any atom is -0.347 e. The van der Waals surface area contributed by atoms with Gasteiger partial charge in [0, 0.05) is 32.1 Å². The van der Waals surface area contributed by atoms with Gasteiger partial charge in [0.25, 0.3) is 23.6 Å². The van der Waals surface area contributed by atoms with Gasteiger partial charge in [-0.2, -0.15) is 0 Å². The van der Waals surface area contributed by atoms with Crippen molar-refractivity contribution in [2.75, 3.05) is 13.1 Å². The predicted molar refractivity (Wildman–Crippen MR) is 215 cm³/mol. The van der Waals surface area contributed by atoms with E-state index in [2.05, 4.69) is 49.5 Å². The van der Waals surface area contributed by atoms with Crippen LogP contribution in [0.15, 0.2) is 133 Å². The van der Waals surface area contributed by atoms with Crippen molar-refractivity contribution in [3.63, 3.8) is 0 Å². The number of aromatic nitrogens is 2. The highest BCUT2D eigenvalue weighted by atomic mass is 16.2. The van der Waals surface area contributed by atoms with Gasteiger partial charge in [0.15, 0.2) is 0 Å². The SMILES string of the molecule is O=C1NCC2=c3ccccc3=C(CNC(=O)c3cccc(n3)C(=O)NCc3c4ccccc4c(c4ccccc34)CNC(=O)c3cccc1n3)C1C=CCC=C21. The maximum atomic E-state index is 13.7. The standard InChI is InChI=1S/C46H36N6O4/c53-43-39-19-9-21-41(51-39)45(55)49-25-37-31-15-5-7-17-33(31)38(34-18-8-6-16-32(34)37)26-50-46(56)42-22-10-20-40(52-42)44(54)48-24-36-28-12-2-1-11-27(28)35(23-47-43)29-13-3-4-14-30(29)36/h1-7,9-22,32H,8,23-26H2,(H,47,53)(H,48,54)(H,49,55)(H,50,56). The summed E-state index contributed by atoms with van der Waals surface area (Å²) in [4.78, 5) is 63.6. The zero-order chi connectivity index (χ0) is 38.2. The summed E-state index contributed by atoms with van der Waals surface area (Å²) in [5, 5.41) is 17.8. The van der Waals surface area contributed by atoms with Crippen molar-refractivity contribution in [1.29, 1.82) is 0 Å². The predicted octanol–water partition coefficient (Wildman–Crippen LogP) is 4.63. The van der Waals surface area contributed by atoms with Gasteiger partial charge in [0.05, 0.1) is 0 Å². The Kier molecular flexibility index (Phi) is 8.99. The molecule has 6 aromatic rings. The van der Waals surface area contributed by atoms with E-state index in [1.807, 2.05) is 72.8 Å². The number of allylic oxidation sites excluding steroid dienone is 3. The molecular weight excluding hydrogens is 701 g/mol. The Morgan fingerprint density at radius 3 is 1.39 bits per heavy atom. The summed E-state index contributed by atoms with van der Waals surface area (Å²) in [5.74, 6) is -1.74. The summed E-state index contributed by atoms with van der Waals surface area (Å²) in [6, 6.07) is 33.4. The van der Waals surface area contributed by atoms with E-state index in [0.717, 1.165) is 66.2 Å². The van der Waals surface area contributed by atoms with Crippen molar-refractivity contribution in [1.82, 2.24) is 31.2 Å². The number of hydrogen-bond acceptors (Lipinski definition) is 6. The lowest BCUT2D eigenvalue weighted by molar-refractivity contribution is 0.0929. The van der Waals surface area contributed by atoms with E-state index in [1.165, 1.54) is 0 Å². The fourth-order valence-electron chi connectivity index (χ4n) is 8.12. The molecule has 0 spiro atoms. The third kappa shape index (κ3) is 6.30. The average Bonchev–Trinajstić information content (AvgIpc) is 3.25. The summed E-state index contributed by atoms with van der Waals surface area (Å²) in [5.41, 5.74) is 5.37. The Hall–Kier alpha value is -7.20. The molecular formula is C46H36N6O4. The highest BCUT2D eigenvalue weighted by Crippen LogP contribution is 2.34. The fraction of sp³-hybridized carbons (Fsp3) is 0.130. The third-order valence-corrected chi connectivity index (χ3v) is 10.8. The van der Waals surface area contributed by atoms with Gasteiger partial charge in [-0.15, -0.1) is 0 Å². The van der Waals surface area contributed by atoms with Crippen LogP contribution in [0, 0.1) is 5.92 Å². The number of carbonyl (C=O) groups excluding carboxylic acids is 4. The lowest BCUT2D eigenvalue weighted by Gasteiger charge is -2.30. The molecule has 4 amide bonds. The molecule has 2 aromatic heterocycles. The highest BCUT2D eigenvalue weighted by molar-refractivity contribution is 6.07. The van der Waals surface area contributed by atoms with Crippen molar-refractivity contribution in [3.8, 4) is 0 Å². The maximum Gasteiger partial charge on any atom is 0.270 e. The van der Waals surface area contributed by atoms with Crippen LogP contribution in [0.3, 0.4) is 0 Å². The van der Waals surface area contributed by atoms with Gasteiger partial charge < -0.3 is 21.3 Å². The van der Waals surface area contributed by atoms with Crippen LogP contribution in [0.5, 0.6) is 0 Å². The van der Waals surface area contributed by atoms with Crippen LogP contribution >= 0.6 is 0 Å². The van der Waals surface area contributed by atoms with Gasteiger partial charge in [-0.25, -0.2) is 9.97 Å². The van der Waals surface area contributed by atoms with E-state index in [9.17, 15) is 19.2 Å². The van der Waals surface area contributed by atoms with Gasteiger partial charge >= 0.3 is 0 Å². The number of benzene rings is 4. The zero-order valence-corrected chi connectivity index (χ0v) is 30.3. The van der Waals surface area contributed by atoms with Gasteiger partial charge in [-0.1, -0.05) is 103 Å². The van der Waals surface area contributed by atoms with Crippen LogP contribution in [0.1, 0.15) is 59.5 Å². The van der Waals surface area contributed by atoms with Crippen molar-refractivity contribution in [2.45, 2.75) is 19.5 Å².